The summed E-state index contributed by atoms with van der Waals surface area (Å²) in [6, 6.07) is 0. The maximum absolute atomic E-state index is 12.9. The molecule has 8 heteroatoms. The smallest absolute Gasteiger partial charge is 0.207 e. The molecule has 0 bridgehead atoms. The van der Waals surface area contributed by atoms with Gasteiger partial charge in [0.1, 0.15) is 4.90 Å². The van der Waals surface area contributed by atoms with Crippen molar-refractivity contribution in [1.29, 1.82) is 0 Å². The Labute approximate surface area is 150 Å². The molecule has 0 aliphatic carbocycles. The molecule has 0 N–H and O–H groups in total. The van der Waals surface area contributed by atoms with Crippen molar-refractivity contribution in [2.75, 3.05) is 13.1 Å². The third-order valence-electron chi connectivity index (χ3n) is 4.32. The predicted octanol–water partition coefficient (Wildman–Crippen LogP) is 4.74. The normalized spacial score (nSPS) is 12.4. The molecule has 0 saturated carbocycles. The number of hydrogen-bond acceptors (Lipinski definition) is 3. The molecule has 0 radical (unpaired) electrons. The Morgan fingerprint density at radius 2 is 1.56 bits per heavy atom. The molecule has 0 spiro atoms. The lowest BCUT2D eigenvalue weighted by molar-refractivity contribution is 0.0541. The van der Waals surface area contributed by atoms with Crippen molar-refractivity contribution in [3.63, 3.8) is 0 Å². The summed E-state index contributed by atoms with van der Waals surface area (Å²) in [5.41, 5.74) is -0.0119. The van der Waals surface area contributed by atoms with Gasteiger partial charge in [0.25, 0.3) is 0 Å². The van der Waals surface area contributed by atoms with E-state index in [4.69, 9.17) is 0 Å². The minimum absolute atomic E-state index is 0.0119. The second kappa shape index (κ2) is 10.9. The van der Waals surface area contributed by atoms with Gasteiger partial charge in [-0.1, -0.05) is 52.4 Å². The molecule has 0 unspecified atom stereocenters. The molecule has 5 nitrogen and oxygen atoms in total. The van der Waals surface area contributed by atoms with Crippen molar-refractivity contribution < 1.29 is 17.2 Å². The zero-order valence-electron chi connectivity index (χ0n) is 15.5. The molecule has 0 saturated heterocycles. The maximum atomic E-state index is 12.9. The van der Waals surface area contributed by atoms with E-state index in [1.165, 1.54) is 11.2 Å². The lowest BCUT2D eigenvalue weighted by atomic mass is 10.2. The topological polar surface area (TPSA) is 55.2 Å². The van der Waals surface area contributed by atoms with Gasteiger partial charge in [-0.05, 0) is 19.8 Å². The number of hydrogen-bond donors (Lipinski definition) is 0. The van der Waals surface area contributed by atoms with E-state index >= 15 is 0 Å². The molecular weight excluding hydrogens is 348 g/mol. The SMILES string of the molecule is CCCCCCN(CCCCCC)S(=O)(=O)c1cnn(C(F)F)c1C. The van der Waals surface area contributed by atoms with E-state index in [1.54, 1.807) is 0 Å². The van der Waals surface area contributed by atoms with Gasteiger partial charge in [0.05, 0.1) is 11.9 Å². The van der Waals surface area contributed by atoms with E-state index < -0.39 is 16.6 Å². The number of sulfonamides is 1. The van der Waals surface area contributed by atoms with Crippen LogP contribution < -0.4 is 0 Å². The van der Waals surface area contributed by atoms with Crippen LogP contribution in [0.3, 0.4) is 0 Å². The summed E-state index contributed by atoms with van der Waals surface area (Å²) >= 11 is 0. The standard InChI is InChI=1S/C17H31F2N3O2S/c1-4-6-8-10-12-21(13-11-9-7-5-2)25(23,24)16-14-20-22(15(16)3)17(18)19/h14,17H,4-13H2,1-3H3. The summed E-state index contributed by atoms with van der Waals surface area (Å²) in [5.74, 6) is 0. The van der Waals surface area contributed by atoms with Gasteiger partial charge in [0.15, 0.2) is 0 Å². The molecule has 0 amide bonds. The van der Waals surface area contributed by atoms with Gasteiger partial charge in [-0.25, -0.2) is 13.1 Å². The van der Waals surface area contributed by atoms with Crippen LogP contribution in [0.1, 0.15) is 77.5 Å². The van der Waals surface area contributed by atoms with E-state index in [1.807, 2.05) is 0 Å². The number of rotatable bonds is 13. The summed E-state index contributed by atoms with van der Waals surface area (Å²) in [6.45, 7) is 3.58. The highest BCUT2D eigenvalue weighted by molar-refractivity contribution is 7.89. The van der Waals surface area contributed by atoms with Crippen LogP contribution >= 0.6 is 0 Å². The van der Waals surface area contributed by atoms with Gasteiger partial charge in [-0.3, -0.25) is 0 Å². The minimum Gasteiger partial charge on any atom is -0.207 e. The molecule has 1 aromatic heterocycles. The van der Waals surface area contributed by atoms with Crippen LogP contribution in [0.4, 0.5) is 8.78 Å². The number of halogens is 2. The molecular formula is C17H31F2N3O2S. The molecule has 0 aliphatic rings. The second-order valence-corrected chi connectivity index (χ2v) is 8.25. The van der Waals surface area contributed by atoms with Gasteiger partial charge >= 0.3 is 6.55 Å². The molecule has 0 fully saturated rings. The highest BCUT2D eigenvalue weighted by atomic mass is 32.2. The molecule has 0 atom stereocenters. The quantitative estimate of drug-likeness (QED) is 0.465. The first-order valence-electron chi connectivity index (χ1n) is 9.18. The highest BCUT2D eigenvalue weighted by Crippen LogP contribution is 2.24. The van der Waals surface area contributed by atoms with Crippen molar-refractivity contribution in [2.24, 2.45) is 0 Å². The van der Waals surface area contributed by atoms with Crippen LogP contribution in [0.5, 0.6) is 0 Å². The average molecular weight is 380 g/mol. The molecule has 1 aromatic rings. The fourth-order valence-corrected chi connectivity index (χ4v) is 4.44. The lowest BCUT2D eigenvalue weighted by Gasteiger charge is -2.22. The molecule has 0 aliphatic heterocycles. The van der Waals surface area contributed by atoms with E-state index in [0.717, 1.165) is 57.6 Å². The highest BCUT2D eigenvalue weighted by Gasteiger charge is 2.29. The number of nitrogens with zero attached hydrogens (tertiary/aromatic N) is 3. The summed E-state index contributed by atoms with van der Waals surface area (Å²) < 4.78 is 53.6. The molecule has 146 valence electrons. The van der Waals surface area contributed by atoms with E-state index in [9.17, 15) is 17.2 Å². The third-order valence-corrected chi connectivity index (χ3v) is 6.33. The van der Waals surface area contributed by atoms with Crippen LogP contribution in [-0.4, -0.2) is 35.6 Å². The van der Waals surface area contributed by atoms with Gasteiger partial charge in [0, 0.05) is 13.1 Å². The van der Waals surface area contributed by atoms with Crippen LogP contribution in [0.15, 0.2) is 11.1 Å². The number of alkyl halides is 2. The monoisotopic (exact) mass is 379 g/mol. The first-order chi connectivity index (χ1) is 11.9. The fourth-order valence-electron chi connectivity index (χ4n) is 2.78. The first kappa shape index (κ1) is 22.0. The Morgan fingerprint density at radius 3 is 1.96 bits per heavy atom. The molecule has 25 heavy (non-hydrogen) atoms. The van der Waals surface area contributed by atoms with Crippen LogP contribution in [-0.2, 0) is 10.0 Å². The van der Waals surface area contributed by atoms with Crippen LogP contribution in [0.25, 0.3) is 0 Å². The largest absolute Gasteiger partial charge is 0.333 e. The Bertz CT molecular complexity index is 591. The predicted molar refractivity (Wildman–Crippen MR) is 95.3 cm³/mol. The lowest BCUT2D eigenvalue weighted by Crippen LogP contribution is -2.33. The maximum Gasteiger partial charge on any atom is 0.333 e. The van der Waals surface area contributed by atoms with Crippen molar-refractivity contribution in [1.82, 2.24) is 14.1 Å². The average Bonchev–Trinajstić information content (AvgIpc) is 2.95. The van der Waals surface area contributed by atoms with E-state index in [2.05, 4.69) is 18.9 Å². The van der Waals surface area contributed by atoms with Gasteiger partial charge in [-0.2, -0.15) is 18.2 Å². The summed E-state index contributed by atoms with van der Waals surface area (Å²) in [7, 11) is -3.80. The zero-order chi connectivity index (χ0) is 18.9. The third kappa shape index (κ3) is 6.33. The minimum atomic E-state index is -3.80. The van der Waals surface area contributed by atoms with E-state index in [-0.39, 0.29) is 10.6 Å². The Kier molecular flexibility index (Phi) is 9.56. The summed E-state index contributed by atoms with van der Waals surface area (Å²) in [5, 5.41) is 3.54. The van der Waals surface area contributed by atoms with Crippen molar-refractivity contribution in [3.8, 4) is 0 Å². The summed E-state index contributed by atoms with van der Waals surface area (Å²) in [4.78, 5) is -0.112. The number of unbranched alkanes of at least 4 members (excludes halogenated alkanes) is 6. The van der Waals surface area contributed by atoms with Crippen molar-refractivity contribution in [2.45, 2.75) is 83.6 Å². The fraction of sp³-hybridized carbons (Fsp3) is 0.824. The molecule has 1 rings (SSSR count). The van der Waals surface area contributed by atoms with E-state index in [0.29, 0.717) is 17.8 Å². The van der Waals surface area contributed by atoms with Crippen LogP contribution in [0.2, 0.25) is 0 Å². The number of aromatic nitrogens is 2. The van der Waals surface area contributed by atoms with Crippen molar-refractivity contribution >= 4 is 10.0 Å². The van der Waals surface area contributed by atoms with Crippen LogP contribution in [0, 0.1) is 6.92 Å². The van der Waals surface area contributed by atoms with Gasteiger partial charge < -0.3 is 0 Å². The first-order valence-corrected chi connectivity index (χ1v) is 10.6. The Balaban J connectivity index is 2.92. The van der Waals surface area contributed by atoms with Gasteiger partial charge in [-0.15, -0.1) is 0 Å². The summed E-state index contributed by atoms with van der Waals surface area (Å²) in [6.07, 6.45) is 8.80. The Hall–Kier alpha value is -1.02. The molecule has 1 heterocycles. The zero-order valence-corrected chi connectivity index (χ0v) is 16.4. The van der Waals surface area contributed by atoms with Gasteiger partial charge in [0.2, 0.25) is 10.0 Å². The second-order valence-electron chi connectivity index (χ2n) is 6.34. The van der Waals surface area contributed by atoms with Crippen molar-refractivity contribution in [3.05, 3.63) is 11.9 Å². The molecule has 0 aromatic carbocycles. The Morgan fingerprint density at radius 1 is 1.04 bits per heavy atom.